The standard InChI is InChI=1S/C29H28O7/c1-29(34)16-23(31)25(27(32)35-17-19-8-4-2-5-9-19)24(21-12-14-22(30)15-13-21)26(29)28(33)36-18-20-10-6-3-7-11-20/h2-15,24-26,30,34H,16-18H2,1H3. The van der Waals surface area contributed by atoms with E-state index in [0.29, 0.717) is 5.56 Å². The number of benzene rings is 3. The molecule has 4 unspecified atom stereocenters. The topological polar surface area (TPSA) is 110 Å². The molecule has 0 aromatic heterocycles. The summed E-state index contributed by atoms with van der Waals surface area (Å²) >= 11 is 0. The Hall–Kier alpha value is -3.97. The largest absolute Gasteiger partial charge is 0.508 e. The van der Waals surface area contributed by atoms with Crippen LogP contribution >= 0.6 is 0 Å². The number of aromatic hydroxyl groups is 1. The van der Waals surface area contributed by atoms with Crippen LogP contribution in [0.3, 0.4) is 0 Å². The SMILES string of the molecule is CC1(O)CC(=O)C(C(=O)OCc2ccccc2)C(c2ccc(O)cc2)C1C(=O)OCc1ccccc1. The number of hydrogen-bond donors (Lipinski definition) is 2. The summed E-state index contributed by atoms with van der Waals surface area (Å²) in [6.07, 6.45) is -0.405. The molecule has 0 aliphatic heterocycles. The van der Waals surface area contributed by atoms with Crippen LogP contribution in [0.5, 0.6) is 5.75 Å². The Bertz CT molecular complexity index is 1200. The second-order valence-corrected chi connectivity index (χ2v) is 9.26. The molecule has 36 heavy (non-hydrogen) atoms. The highest BCUT2D eigenvalue weighted by Crippen LogP contribution is 2.47. The van der Waals surface area contributed by atoms with Gasteiger partial charge in [-0.15, -0.1) is 0 Å². The zero-order valence-electron chi connectivity index (χ0n) is 19.9. The van der Waals surface area contributed by atoms with Crippen molar-refractivity contribution in [3.05, 3.63) is 102 Å². The lowest BCUT2D eigenvalue weighted by atomic mass is 9.61. The van der Waals surface area contributed by atoms with E-state index in [1.165, 1.54) is 31.2 Å². The maximum atomic E-state index is 13.4. The minimum atomic E-state index is -1.76. The molecule has 0 saturated heterocycles. The number of ketones is 1. The van der Waals surface area contributed by atoms with Gasteiger partial charge in [0.25, 0.3) is 0 Å². The molecule has 3 aromatic rings. The van der Waals surface area contributed by atoms with Gasteiger partial charge in [-0.25, -0.2) is 0 Å². The second-order valence-electron chi connectivity index (χ2n) is 9.26. The van der Waals surface area contributed by atoms with E-state index in [9.17, 15) is 24.6 Å². The Balaban J connectivity index is 1.66. The highest BCUT2D eigenvalue weighted by atomic mass is 16.5. The molecule has 1 saturated carbocycles. The lowest BCUT2D eigenvalue weighted by molar-refractivity contribution is -0.174. The number of hydrogen-bond acceptors (Lipinski definition) is 7. The average molecular weight is 489 g/mol. The minimum absolute atomic E-state index is 0.0148. The third kappa shape index (κ3) is 5.63. The van der Waals surface area contributed by atoms with Gasteiger partial charge in [-0.2, -0.15) is 0 Å². The van der Waals surface area contributed by atoms with Crippen LogP contribution < -0.4 is 0 Å². The molecular formula is C29H28O7. The summed E-state index contributed by atoms with van der Waals surface area (Å²) in [7, 11) is 0. The molecule has 0 radical (unpaired) electrons. The molecule has 2 N–H and O–H groups in total. The predicted molar refractivity (Wildman–Crippen MR) is 131 cm³/mol. The summed E-state index contributed by atoms with van der Waals surface area (Å²) in [5.74, 6) is -5.64. The van der Waals surface area contributed by atoms with Crippen LogP contribution in [-0.2, 0) is 37.1 Å². The Labute approximate surface area is 209 Å². The lowest BCUT2D eigenvalue weighted by Crippen LogP contribution is -2.55. The predicted octanol–water partition coefficient (Wildman–Crippen LogP) is 3.92. The van der Waals surface area contributed by atoms with Crippen LogP contribution in [0.15, 0.2) is 84.9 Å². The number of carbonyl (C=O) groups is 3. The quantitative estimate of drug-likeness (QED) is 0.383. The zero-order valence-corrected chi connectivity index (χ0v) is 19.9. The van der Waals surface area contributed by atoms with Crippen molar-refractivity contribution in [2.24, 2.45) is 11.8 Å². The maximum absolute atomic E-state index is 13.4. The molecule has 0 spiro atoms. The summed E-state index contributed by atoms with van der Waals surface area (Å²) in [6, 6.07) is 24.0. The normalized spacial score (nSPS) is 23.6. The molecule has 1 aliphatic rings. The first-order valence-electron chi connectivity index (χ1n) is 11.7. The third-order valence-electron chi connectivity index (χ3n) is 6.50. The van der Waals surface area contributed by atoms with Crippen molar-refractivity contribution in [1.82, 2.24) is 0 Å². The molecule has 0 heterocycles. The first-order valence-corrected chi connectivity index (χ1v) is 11.7. The summed E-state index contributed by atoms with van der Waals surface area (Å²) < 4.78 is 11.1. The Morgan fingerprint density at radius 1 is 0.833 bits per heavy atom. The van der Waals surface area contributed by atoms with Crippen LogP contribution in [0.4, 0.5) is 0 Å². The van der Waals surface area contributed by atoms with Crippen molar-refractivity contribution >= 4 is 17.7 Å². The zero-order chi connectivity index (χ0) is 25.7. The van der Waals surface area contributed by atoms with E-state index >= 15 is 0 Å². The van der Waals surface area contributed by atoms with E-state index < -0.39 is 47.5 Å². The summed E-state index contributed by atoms with van der Waals surface area (Å²) in [4.78, 5) is 39.9. The van der Waals surface area contributed by atoms with Crippen LogP contribution in [0, 0.1) is 11.8 Å². The van der Waals surface area contributed by atoms with Crippen LogP contribution in [0.1, 0.15) is 36.0 Å². The molecule has 1 fully saturated rings. The third-order valence-corrected chi connectivity index (χ3v) is 6.50. The number of carbonyl (C=O) groups excluding carboxylic acids is 3. The van der Waals surface area contributed by atoms with Gasteiger partial charge in [-0.1, -0.05) is 72.8 Å². The minimum Gasteiger partial charge on any atom is -0.508 e. The molecule has 3 aromatic carbocycles. The number of phenolic OH excluding ortho intramolecular Hbond substituents is 1. The number of rotatable bonds is 7. The highest BCUT2D eigenvalue weighted by molar-refractivity contribution is 6.02. The molecule has 1 aliphatic carbocycles. The van der Waals surface area contributed by atoms with Gasteiger partial charge in [0.05, 0.1) is 11.5 Å². The van der Waals surface area contributed by atoms with Crippen LogP contribution in [-0.4, -0.2) is 33.5 Å². The molecule has 0 bridgehead atoms. The monoisotopic (exact) mass is 488 g/mol. The number of Topliss-reactive ketones (excluding diaryl/α,β-unsaturated/α-hetero) is 1. The highest BCUT2D eigenvalue weighted by Gasteiger charge is 2.57. The fraction of sp³-hybridized carbons (Fsp3) is 0.276. The lowest BCUT2D eigenvalue weighted by Gasteiger charge is -2.43. The summed E-state index contributed by atoms with van der Waals surface area (Å²) in [5, 5.41) is 21.0. The van der Waals surface area contributed by atoms with Gasteiger partial charge < -0.3 is 19.7 Å². The van der Waals surface area contributed by atoms with E-state index in [2.05, 4.69) is 0 Å². The Morgan fingerprint density at radius 2 is 1.33 bits per heavy atom. The average Bonchev–Trinajstić information content (AvgIpc) is 2.86. The number of ether oxygens (including phenoxy) is 2. The van der Waals surface area contributed by atoms with Gasteiger partial charge in [0.1, 0.15) is 24.9 Å². The molecule has 0 amide bonds. The van der Waals surface area contributed by atoms with Crippen molar-refractivity contribution in [2.75, 3.05) is 0 Å². The van der Waals surface area contributed by atoms with Crippen molar-refractivity contribution in [2.45, 2.75) is 38.1 Å². The van der Waals surface area contributed by atoms with Gasteiger partial charge in [0, 0.05) is 12.3 Å². The molecule has 4 rings (SSSR count). The van der Waals surface area contributed by atoms with E-state index in [-0.39, 0.29) is 19.0 Å². The van der Waals surface area contributed by atoms with Gasteiger partial charge in [-0.3, -0.25) is 14.4 Å². The summed E-state index contributed by atoms with van der Waals surface area (Å²) in [6.45, 7) is 1.34. The van der Waals surface area contributed by atoms with E-state index in [4.69, 9.17) is 9.47 Å². The van der Waals surface area contributed by atoms with E-state index in [1.807, 2.05) is 36.4 Å². The first-order chi connectivity index (χ1) is 17.3. The van der Waals surface area contributed by atoms with Crippen LogP contribution in [0.25, 0.3) is 0 Å². The van der Waals surface area contributed by atoms with Crippen LogP contribution in [0.2, 0.25) is 0 Å². The number of esters is 2. The fourth-order valence-corrected chi connectivity index (χ4v) is 4.75. The van der Waals surface area contributed by atoms with Crippen molar-refractivity contribution in [1.29, 1.82) is 0 Å². The number of phenols is 1. The Kier molecular flexibility index (Phi) is 7.50. The van der Waals surface area contributed by atoms with Gasteiger partial charge in [-0.05, 0) is 35.7 Å². The van der Waals surface area contributed by atoms with Gasteiger partial charge in [0.2, 0.25) is 0 Å². The van der Waals surface area contributed by atoms with Crippen molar-refractivity contribution in [3.63, 3.8) is 0 Å². The van der Waals surface area contributed by atoms with Gasteiger partial charge in [0.15, 0.2) is 5.78 Å². The van der Waals surface area contributed by atoms with Gasteiger partial charge >= 0.3 is 11.9 Å². The maximum Gasteiger partial charge on any atom is 0.317 e. The Morgan fingerprint density at radius 3 is 1.86 bits per heavy atom. The smallest absolute Gasteiger partial charge is 0.317 e. The molecule has 7 heteroatoms. The summed E-state index contributed by atoms with van der Waals surface area (Å²) in [5.41, 5.74) is 0.187. The molecule has 7 nitrogen and oxygen atoms in total. The second kappa shape index (κ2) is 10.7. The molecule has 4 atom stereocenters. The molecule has 186 valence electrons. The molecular weight excluding hydrogens is 460 g/mol. The first kappa shape index (κ1) is 25.1. The van der Waals surface area contributed by atoms with E-state index in [0.717, 1.165) is 11.1 Å². The van der Waals surface area contributed by atoms with E-state index in [1.54, 1.807) is 24.3 Å². The van der Waals surface area contributed by atoms with Crippen molar-refractivity contribution < 1.29 is 34.1 Å². The number of aliphatic hydroxyl groups is 1. The van der Waals surface area contributed by atoms with Crippen molar-refractivity contribution in [3.8, 4) is 5.75 Å². The fourth-order valence-electron chi connectivity index (χ4n) is 4.75.